The number of benzene rings is 4. The van der Waals surface area contributed by atoms with Crippen LogP contribution in [-0.4, -0.2) is 22.2 Å². The van der Waals surface area contributed by atoms with Crippen LogP contribution in [0, 0.1) is 0 Å². The highest BCUT2D eigenvalue weighted by molar-refractivity contribution is 5.92. The maximum atomic E-state index is 11.7. The standard InChI is InChI=1S/2C14H12O3/c2*15-13-9-5-4-8-12(13)14(16)17-10-11-6-2-1-3-7-11/h2*1-9,15H,10H2. The summed E-state index contributed by atoms with van der Waals surface area (Å²) in [7, 11) is 0. The van der Waals surface area contributed by atoms with Crippen molar-refractivity contribution < 1.29 is 29.3 Å². The Labute approximate surface area is 197 Å². The van der Waals surface area contributed by atoms with Crippen LogP contribution in [0.5, 0.6) is 11.5 Å². The second-order valence-electron chi connectivity index (χ2n) is 7.16. The number of esters is 2. The van der Waals surface area contributed by atoms with Gasteiger partial charge in [-0.1, -0.05) is 84.9 Å². The average Bonchev–Trinajstić information content (AvgIpc) is 2.88. The minimum absolute atomic E-state index is 0.0643. The zero-order chi connectivity index (χ0) is 24.2. The molecule has 0 fully saturated rings. The van der Waals surface area contributed by atoms with E-state index in [0.717, 1.165) is 11.1 Å². The number of carbonyl (C=O) groups is 2. The van der Waals surface area contributed by atoms with E-state index in [1.54, 1.807) is 24.3 Å². The Morgan fingerprint density at radius 3 is 1.18 bits per heavy atom. The van der Waals surface area contributed by atoms with Gasteiger partial charge in [0.1, 0.15) is 35.8 Å². The summed E-state index contributed by atoms with van der Waals surface area (Å²) in [6.45, 7) is 0.405. The number of carbonyl (C=O) groups excluding carboxylic acids is 2. The van der Waals surface area contributed by atoms with Crippen LogP contribution in [0.25, 0.3) is 0 Å². The number of phenolic OH excluding ortho intramolecular Hbond substituents is 2. The molecule has 0 atom stereocenters. The monoisotopic (exact) mass is 456 g/mol. The van der Waals surface area contributed by atoms with Crippen LogP contribution in [0.4, 0.5) is 0 Å². The number of rotatable bonds is 6. The Balaban J connectivity index is 0.000000191. The first-order chi connectivity index (χ1) is 16.5. The molecular formula is C28H24O6. The summed E-state index contributed by atoms with van der Waals surface area (Å²) in [4.78, 5) is 23.3. The number of hydrogen-bond donors (Lipinski definition) is 2. The summed E-state index contributed by atoms with van der Waals surface area (Å²) in [5.74, 6) is -1.17. The topological polar surface area (TPSA) is 93.1 Å². The lowest BCUT2D eigenvalue weighted by Gasteiger charge is -2.05. The first kappa shape index (κ1) is 24.1. The van der Waals surface area contributed by atoms with Crippen LogP contribution in [0.2, 0.25) is 0 Å². The van der Waals surface area contributed by atoms with Gasteiger partial charge in [0.25, 0.3) is 0 Å². The maximum Gasteiger partial charge on any atom is 0.342 e. The van der Waals surface area contributed by atoms with E-state index >= 15 is 0 Å². The van der Waals surface area contributed by atoms with Gasteiger partial charge >= 0.3 is 11.9 Å². The lowest BCUT2D eigenvalue weighted by molar-refractivity contribution is 0.0460. The summed E-state index contributed by atoms with van der Waals surface area (Å²) >= 11 is 0. The SMILES string of the molecule is O=C(OCc1ccccc1)c1ccccc1O.O=C(OCc1ccccc1)c1ccccc1O. The second-order valence-corrected chi connectivity index (χ2v) is 7.16. The van der Waals surface area contributed by atoms with E-state index in [4.69, 9.17) is 9.47 Å². The van der Waals surface area contributed by atoms with Crippen LogP contribution < -0.4 is 0 Å². The van der Waals surface area contributed by atoms with Gasteiger partial charge in [-0.3, -0.25) is 0 Å². The van der Waals surface area contributed by atoms with E-state index in [-0.39, 0.29) is 35.8 Å². The predicted molar refractivity (Wildman–Crippen MR) is 127 cm³/mol. The molecule has 0 aromatic heterocycles. The molecule has 0 radical (unpaired) electrons. The number of para-hydroxylation sites is 2. The van der Waals surface area contributed by atoms with Gasteiger partial charge in [-0.15, -0.1) is 0 Å². The van der Waals surface area contributed by atoms with Crippen molar-refractivity contribution in [1.82, 2.24) is 0 Å². The van der Waals surface area contributed by atoms with Crippen LogP contribution in [0.3, 0.4) is 0 Å². The molecule has 6 nitrogen and oxygen atoms in total. The largest absolute Gasteiger partial charge is 0.507 e. The zero-order valence-electron chi connectivity index (χ0n) is 18.3. The fourth-order valence-corrected chi connectivity index (χ4v) is 2.89. The van der Waals surface area contributed by atoms with Crippen LogP contribution in [0.15, 0.2) is 109 Å². The minimum atomic E-state index is -0.521. The molecule has 4 aromatic carbocycles. The maximum absolute atomic E-state index is 11.7. The molecule has 34 heavy (non-hydrogen) atoms. The Morgan fingerprint density at radius 1 is 0.500 bits per heavy atom. The summed E-state index contributed by atoms with van der Waals surface area (Å²) < 4.78 is 10.2. The molecule has 0 aliphatic heterocycles. The summed E-state index contributed by atoms with van der Waals surface area (Å²) in [6, 6.07) is 31.4. The highest BCUT2D eigenvalue weighted by Crippen LogP contribution is 2.18. The smallest absolute Gasteiger partial charge is 0.342 e. The van der Waals surface area contributed by atoms with Gasteiger partial charge in [-0.25, -0.2) is 9.59 Å². The second kappa shape index (κ2) is 12.5. The quantitative estimate of drug-likeness (QED) is 0.372. The number of hydrogen-bond acceptors (Lipinski definition) is 6. The van der Waals surface area contributed by atoms with Crippen molar-refractivity contribution in [2.45, 2.75) is 13.2 Å². The molecular weight excluding hydrogens is 432 g/mol. The Hall–Kier alpha value is -4.58. The molecule has 0 saturated carbocycles. The molecule has 0 aliphatic carbocycles. The number of phenols is 2. The van der Waals surface area contributed by atoms with E-state index in [2.05, 4.69) is 0 Å². The van der Waals surface area contributed by atoms with Crippen molar-refractivity contribution in [2.75, 3.05) is 0 Å². The third-order valence-corrected chi connectivity index (χ3v) is 4.67. The van der Waals surface area contributed by atoms with E-state index in [0.29, 0.717) is 0 Å². The highest BCUT2D eigenvalue weighted by Gasteiger charge is 2.12. The number of ether oxygens (including phenoxy) is 2. The molecule has 6 heteroatoms. The molecule has 0 unspecified atom stereocenters. The Kier molecular flexibility index (Phi) is 8.82. The fraction of sp³-hybridized carbons (Fsp3) is 0.0714. The lowest BCUT2D eigenvalue weighted by Crippen LogP contribution is -2.05. The third kappa shape index (κ3) is 7.24. The van der Waals surface area contributed by atoms with E-state index < -0.39 is 11.9 Å². The van der Waals surface area contributed by atoms with Crippen molar-refractivity contribution in [2.24, 2.45) is 0 Å². The third-order valence-electron chi connectivity index (χ3n) is 4.67. The molecule has 0 spiro atoms. The van der Waals surface area contributed by atoms with Gasteiger partial charge < -0.3 is 19.7 Å². The lowest BCUT2D eigenvalue weighted by atomic mass is 10.2. The molecule has 0 amide bonds. The zero-order valence-corrected chi connectivity index (χ0v) is 18.3. The summed E-state index contributed by atoms with van der Waals surface area (Å²) in [5, 5.41) is 19.0. The molecule has 0 saturated heterocycles. The molecule has 4 aromatic rings. The van der Waals surface area contributed by atoms with Crippen LogP contribution in [0.1, 0.15) is 31.8 Å². The number of aromatic hydroxyl groups is 2. The van der Waals surface area contributed by atoms with Crippen molar-refractivity contribution in [3.63, 3.8) is 0 Å². The van der Waals surface area contributed by atoms with E-state index in [9.17, 15) is 19.8 Å². The molecule has 2 N–H and O–H groups in total. The molecule has 4 rings (SSSR count). The molecule has 0 aliphatic rings. The van der Waals surface area contributed by atoms with E-state index in [1.807, 2.05) is 60.7 Å². The van der Waals surface area contributed by atoms with Crippen molar-refractivity contribution in [1.29, 1.82) is 0 Å². The average molecular weight is 456 g/mol. The van der Waals surface area contributed by atoms with Gasteiger partial charge in [0.05, 0.1) is 0 Å². The molecule has 0 heterocycles. The Morgan fingerprint density at radius 2 is 0.824 bits per heavy atom. The van der Waals surface area contributed by atoms with Crippen LogP contribution >= 0.6 is 0 Å². The first-order valence-corrected chi connectivity index (χ1v) is 10.5. The highest BCUT2D eigenvalue weighted by atomic mass is 16.5. The Bertz CT molecular complexity index is 1110. The van der Waals surface area contributed by atoms with Gasteiger partial charge in [0.2, 0.25) is 0 Å². The van der Waals surface area contributed by atoms with Crippen molar-refractivity contribution in [3.8, 4) is 11.5 Å². The molecule has 0 bridgehead atoms. The van der Waals surface area contributed by atoms with Crippen LogP contribution in [-0.2, 0) is 22.7 Å². The summed E-state index contributed by atoms with van der Waals surface area (Å²) in [5.41, 5.74) is 2.19. The van der Waals surface area contributed by atoms with E-state index in [1.165, 1.54) is 24.3 Å². The minimum Gasteiger partial charge on any atom is -0.507 e. The normalized spacial score (nSPS) is 9.88. The molecule has 172 valence electrons. The van der Waals surface area contributed by atoms with Gasteiger partial charge in [-0.05, 0) is 35.4 Å². The van der Waals surface area contributed by atoms with Crippen molar-refractivity contribution >= 4 is 11.9 Å². The fourth-order valence-electron chi connectivity index (χ4n) is 2.89. The van der Waals surface area contributed by atoms with Gasteiger partial charge in [0.15, 0.2) is 0 Å². The van der Waals surface area contributed by atoms with Gasteiger partial charge in [-0.2, -0.15) is 0 Å². The van der Waals surface area contributed by atoms with Crippen molar-refractivity contribution in [3.05, 3.63) is 131 Å². The van der Waals surface area contributed by atoms with Gasteiger partial charge in [0, 0.05) is 0 Å². The predicted octanol–water partition coefficient (Wildman–Crippen LogP) is 5.50. The summed E-state index contributed by atoms with van der Waals surface area (Å²) in [6.07, 6.45) is 0. The first-order valence-electron chi connectivity index (χ1n) is 10.5.